The van der Waals surface area contributed by atoms with Crippen molar-refractivity contribution in [3.63, 3.8) is 0 Å². The van der Waals surface area contributed by atoms with Crippen LogP contribution < -0.4 is 5.56 Å². The number of benzene rings is 2. The van der Waals surface area contributed by atoms with Crippen LogP contribution in [-0.4, -0.2) is 16.0 Å². The second kappa shape index (κ2) is 5.89. The molecule has 23 heavy (non-hydrogen) atoms. The zero-order valence-corrected chi connectivity index (χ0v) is 12.3. The Hall–Kier alpha value is -2.60. The molecule has 1 N–H and O–H groups in total. The van der Waals surface area contributed by atoms with Gasteiger partial charge in [-0.15, -0.1) is 0 Å². The number of nitrogens with one attached hydrogen (secondary N) is 1. The number of hydrogen-bond acceptors (Lipinski definition) is 3. The van der Waals surface area contributed by atoms with E-state index in [1.165, 1.54) is 18.2 Å². The van der Waals surface area contributed by atoms with Crippen LogP contribution in [0.15, 0.2) is 41.2 Å². The number of aromatic amines is 1. The van der Waals surface area contributed by atoms with Crippen LogP contribution >= 0.6 is 11.6 Å². The highest BCUT2D eigenvalue weighted by Gasteiger charge is 2.14. The van der Waals surface area contributed by atoms with Crippen LogP contribution in [0, 0.1) is 11.6 Å². The van der Waals surface area contributed by atoms with Gasteiger partial charge in [0.1, 0.15) is 11.6 Å². The Bertz CT molecular complexity index is 985. The summed E-state index contributed by atoms with van der Waals surface area (Å²) in [6, 6.07) is 7.23. The lowest BCUT2D eigenvalue weighted by molar-refractivity contribution is 0.0992. The maximum Gasteiger partial charge on any atom is 0.272 e. The quantitative estimate of drug-likeness (QED) is 0.748. The summed E-state index contributed by atoms with van der Waals surface area (Å²) >= 11 is 5.91. The summed E-state index contributed by atoms with van der Waals surface area (Å²) in [4.78, 5) is 23.9. The predicted molar refractivity (Wildman–Crippen MR) is 81.8 cm³/mol. The number of aromatic nitrogens is 2. The molecular formula is C16H9ClF2N2O2. The van der Waals surface area contributed by atoms with Crippen LogP contribution in [0.3, 0.4) is 0 Å². The molecule has 0 amide bonds. The summed E-state index contributed by atoms with van der Waals surface area (Å²) in [7, 11) is 0. The van der Waals surface area contributed by atoms with E-state index in [4.69, 9.17) is 11.6 Å². The van der Waals surface area contributed by atoms with Gasteiger partial charge in [0.15, 0.2) is 10.9 Å². The first kappa shape index (κ1) is 15.3. The van der Waals surface area contributed by atoms with Crippen molar-refractivity contribution in [3.05, 3.63) is 74.7 Å². The average Bonchev–Trinajstić information content (AvgIpc) is 2.54. The largest absolute Gasteiger partial charge is 0.294 e. The highest BCUT2D eigenvalue weighted by atomic mass is 35.5. The molecule has 0 aliphatic heterocycles. The molecule has 0 fully saturated rings. The minimum absolute atomic E-state index is 0.0368. The van der Waals surface area contributed by atoms with Gasteiger partial charge in [0, 0.05) is 17.4 Å². The number of Topliss-reactive ketones (excluding diaryl/α,β-unsaturated/α-hetero) is 1. The monoisotopic (exact) mass is 334 g/mol. The van der Waals surface area contributed by atoms with E-state index in [-0.39, 0.29) is 22.7 Å². The molecule has 0 bridgehead atoms. The number of nitrogens with zero attached hydrogens (tertiary/aromatic N) is 1. The third-order valence-corrected chi connectivity index (χ3v) is 3.71. The molecule has 3 aromatic rings. The summed E-state index contributed by atoms with van der Waals surface area (Å²) in [6.07, 6.45) is -0.302. The first-order valence-corrected chi connectivity index (χ1v) is 6.98. The summed E-state index contributed by atoms with van der Waals surface area (Å²) in [6.45, 7) is 0. The smallest absolute Gasteiger partial charge is 0.272 e. The standard InChI is InChI=1S/C16H9ClF2N2O2/c17-15-12-6-8(1-3-11(12)16(23)21-20-15)14(22)7-9-5-10(18)2-4-13(9)19/h1-6H,7H2,(H,21,23). The van der Waals surface area contributed by atoms with Crippen molar-refractivity contribution in [2.75, 3.05) is 0 Å². The second-order valence-electron chi connectivity index (χ2n) is 4.94. The van der Waals surface area contributed by atoms with E-state index in [0.29, 0.717) is 10.8 Å². The Balaban J connectivity index is 2.00. The maximum atomic E-state index is 13.6. The Morgan fingerprint density at radius 2 is 1.91 bits per heavy atom. The minimum atomic E-state index is -0.656. The number of carbonyl (C=O) groups is 1. The van der Waals surface area contributed by atoms with Gasteiger partial charge in [-0.1, -0.05) is 17.7 Å². The van der Waals surface area contributed by atoms with Crippen molar-refractivity contribution < 1.29 is 13.6 Å². The molecule has 116 valence electrons. The molecule has 0 spiro atoms. The maximum absolute atomic E-state index is 13.6. The molecule has 1 aromatic heterocycles. The summed E-state index contributed by atoms with van der Waals surface area (Å²) in [5, 5.41) is 6.51. The Labute approximate surface area is 133 Å². The molecule has 7 heteroatoms. The highest BCUT2D eigenvalue weighted by Crippen LogP contribution is 2.21. The van der Waals surface area contributed by atoms with Crippen LogP contribution in [0.5, 0.6) is 0 Å². The molecule has 4 nitrogen and oxygen atoms in total. The van der Waals surface area contributed by atoms with Crippen molar-refractivity contribution in [1.29, 1.82) is 0 Å². The predicted octanol–water partition coefficient (Wildman–Crippen LogP) is 3.28. The fraction of sp³-hybridized carbons (Fsp3) is 0.0625. The van der Waals surface area contributed by atoms with Gasteiger partial charge in [0.25, 0.3) is 5.56 Å². The van der Waals surface area contributed by atoms with Gasteiger partial charge >= 0.3 is 0 Å². The zero-order chi connectivity index (χ0) is 16.6. The van der Waals surface area contributed by atoms with Crippen LogP contribution in [0.2, 0.25) is 5.15 Å². The van der Waals surface area contributed by atoms with Crippen LogP contribution in [-0.2, 0) is 6.42 Å². The average molecular weight is 335 g/mol. The van der Waals surface area contributed by atoms with E-state index in [1.807, 2.05) is 0 Å². The number of H-pyrrole nitrogens is 1. The van der Waals surface area contributed by atoms with Crippen molar-refractivity contribution in [3.8, 4) is 0 Å². The zero-order valence-electron chi connectivity index (χ0n) is 11.6. The number of rotatable bonds is 3. The third kappa shape index (κ3) is 2.98. The fourth-order valence-electron chi connectivity index (χ4n) is 2.26. The number of halogens is 3. The summed E-state index contributed by atoms with van der Waals surface area (Å²) in [5.74, 6) is -1.70. The molecule has 0 aliphatic rings. The van der Waals surface area contributed by atoms with Gasteiger partial charge in [-0.3, -0.25) is 9.59 Å². The van der Waals surface area contributed by atoms with Crippen LogP contribution in [0.4, 0.5) is 8.78 Å². The van der Waals surface area contributed by atoms with Gasteiger partial charge in [0.05, 0.1) is 5.39 Å². The molecule has 0 saturated carbocycles. The van der Waals surface area contributed by atoms with Gasteiger partial charge in [-0.2, -0.15) is 5.10 Å². The summed E-state index contributed by atoms with van der Waals surface area (Å²) < 4.78 is 26.8. The molecule has 0 saturated heterocycles. The number of carbonyl (C=O) groups excluding carboxylic acids is 1. The van der Waals surface area contributed by atoms with E-state index in [9.17, 15) is 18.4 Å². The number of ketones is 1. The molecule has 0 aliphatic carbocycles. The van der Waals surface area contributed by atoms with Gasteiger partial charge in [0.2, 0.25) is 0 Å². The lowest BCUT2D eigenvalue weighted by Gasteiger charge is -2.05. The fourth-order valence-corrected chi connectivity index (χ4v) is 2.46. The van der Waals surface area contributed by atoms with Crippen molar-refractivity contribution in [1.82, 2.24) is 10.2 Å². The van der Waals surface area contributed by atoms with Crippen molar-refractivity contribution in [2.45, 2.75) is 6.42 Å². The van der Waals surface area contributed by atoms with E-state index in [1.54, 1.807) is 0 Å². The van der Waals surface area contributed by atoms with Gasteiger partial charge < -0.3 is 0 Å². The molecule has 3 rings (SSSR count). The van der Waals surface area contributed by atoms with E-state index < -0.39 is 23.0 Å². The van der Waals surface area contributed by atoms with Crippen LogP contribution in [0.25, 0.3) is 10.8 Å². The Morgan fingerprint density at radius 3 is 2.70 bits per heavy atom. The van der Waals surface area contributed by atoms with E-state index >= 15 is 0 Å². The number of fused-ring (bicyclic) bond motifs is 1. The molecule has 2 aromatic carbocycles. The first-order valence-electron chi connectivity index (χ1n) is 6.61. The first-order chi connectivity index (χ1) is 11.0. The highest BCUT2D eigenvalue weighted by molar-refractivity contribution is 6.34. The minimum Gasteiger partial charge on any atom is -0.294 e. The normalized spacial score (nSPS) is 10.9. The molecule has 0 radical (unpaired) electrons. The Morgan fingerprint density at radius 1 is 1.13 bits per heavy atom. The number of hydrogen-bond donors (Lipinski definition) is 1. The summed E-state index contributed by atoms with van der Waals surface area (Å²) in [5.41, 5.74) is -0.236. The van der Waals surface area contributed by atoms with Gasteiger partial charge in [-0.25, -0.2) is 13.9 Å². The van der Waals surface area contributed by atoms with Crippen molar-refractivity contribution in [2.24, 2.45) is 0 Å². The van der Waals surface area contributed by atoms with Crippen LogP contribution in [0.1, 0.15) is 15.9 Å². The van der Waals surface area contributed by atoms with E-state index in [0.717, 1.165) is 18.2 Å². The molecule has 0 unspecified atom stereocenters. The molecule has 1 heterocycles. The topological polar surface area (TPSA) is 62.8 Å². The SMILES string of the molecule is O=C(Cc1cc(F)ccc1F)c1ccc2c(=O)[nH]nc(Cl)c2c1. The molecular weight excluding hydrogens is 326 g/mol. The van der Waals surface area contributed by atoms with Gasteiger partial charge in [-0.05, 0) is 35.9 Å². The third-order valence-electron chi connectivity index (χ3n) is 3.42. The lowest BCUT2D eigenvalue weighted by atomic mass is 10.0. The second-order valence-corrected chi connectivity index (χ2v) is 5.30. The Kier molecular flexibility index (Phi) is 3.92. The molecule has 0 atom stereocenters. The van der Waals surface area contributed by atoms with Crippen molar-refractivity contribution >= 4 is 28.2 Å². The van der Waals surface area contributed by atoms with E-state index in [2.05, 4.69) is 10.2 Å². The lowest BCUT2D eigenvalue weighted by Crippen LogP contribution is -2.10.